The lowest BCUT2D eigenvalue weighted by atomic mass is 10.1. The first-order valence-corrected chi connectivity index (χ1v) is 8.85. The normalized spacial score (nSPS) is 18.4. The van der Waals surface area contributed by atoms with Crippen molar-refractivity contribution in [2.75, 3.05) is 50.8 Å². The predicted molar refractivity (Wildman–Crippen MR) is 94.4 cm³/mol. The second kappa shape index (κ2) is 8.18. The van der Waals surface area contributed by atoms with Crippen LogP contribution in [0.15, 0.2) is 35.5 Å². The number of benzene rings is 1. The van der Waals surface area contributed by atoms with Crippen molar-refractivity contribution >= 4 is 17.7 Å². The molecule has 3 rings (SSSR count). The maximum Gasteiger partial charge on any atom is 0.337 e. The molecule has 0 spiro atoms. The molecule has 3 N–H and O–H groups in total. The number of quaternary nitrogens is 1. The summed E-state index contributed by atoms with van der Waals surface area (Å²) in [6.07, 6.45) is 0. The molecule has 0 atom stereocenters. The van der Waals surface area contributed by atoms with Gasteiger partial charge in [0.1, 0.15) is 12.4 Å². The van der Waals surface area contributed by atoms with Crippen molar-refractivity contribution in [3.05, 3.63) is 41.4 Å². The molecule has 1 aromatic carbocycles. The van der Waals surface area contributed by atoms with Crippen molar-refractivity contribution in [1.29, 1.82) is 0 Å². The van der Waals surface area contributed by atoms with Crippen LogP contribution in [0.1, 0.15) is 6.92 Å². The molecule has 140 valence electrons. The van der Waals surface area contributed by atoms with Gasteiger partial charge in [-0.3, -0.25) is 0 Å². The Labute approximate surface area is 151 Å². The van der Waals surface area contributed by atoms with Gasteiger partial charge in [-0.15, -0.1) is 0 Å². The molecule has 0 saturated carbocycles. The summed E-state index contributed by atoms with van der Waals surface area (Å²) in [6.45, 7) is 6.19. The van der Waals surface area contributed by atoms with Crippen LogP contribution in [0.2, 0.25) is 0 Å². The maximum atomic E-state index is 13.1. The fourth-order valence-corrected chi connectivity index (χ4v) is 3.26. The van der Waals surface area contributed by atoms with Crippen molar-refractivity contribution in [1.82, 2.24) is 10.6 Å². The first-order chi connectivity index (χ1) is 12.6. The molecule has 1 saturated heterocycles. The van der Waals surface area contributed by atoms with Gasteiger partial charge in [-0.2, -0.15) is 0 Å². The van der Waals surface area contributed by atoms with Crippen LogP contribution in [0.25, 0.3) is 0 Å². The van der Waals surface area contributed by atoms with Crippen molar-refractivity contribution in [3.63, 3.8) is 0 Å². The van der Waals surface area contributed by atoms with Crippen molar-refractivity contribution < 1.29 is 23.6 Å². The molecule has 1 aromatic rings. The van der Waals surface area contributed by atoms with Crippen LogP contribution in [0.4, 0.5) is 14.9 Å². The summed E-state index contributed by atoms with van der Waals surface area (Å²) in [7, 11) is 0. The number of halogens is 1. The van der Waals surface area contributed by atoms with E-state index in [2.05, 4.69) is 15.5 Å². The van der Waals surface area contributed by atoms with Crippen LogP contribution in [-0.4, -0.2) is 57.9 Å². The van der Waals surface area contributed by atoms with Gasteiger partial charge in [-0.1, -0.05) is 0 Å². The molecule has 26 heavy (non-hydrogen) atoms. The Morgan fingerprint density at radius 3 is 2.62 bits per heavy atom. The number of carbonyl (C=O) groups excluding carboxylic acids is 2. The SMILES string of the molecule is CCOC(=O)C1=C(C[NH+]2CCN(c3ccc(F)cc3)CC2)NC(=O)NC1. The van der Waals surface area contributed by atoms with Crippen molar-refractivity contribution in [3.8, 4) is 0 Å². The molecule has 1 fully saturated rings. The van der Waals surface area contributed by atoms with Crippen LogP contribution in [-0.2, 0) is 9.53 Å². The van der Waals surface area contributed by atoms with E-state index in [0.717, 1.165) is 31.9 Å². The van der Waals surface area contributed by atoms with E-state index in [1.54, 1.807) is 19.1 Å². The average molecular weight is 363 g/mol. The van der Waals surface area contributed by atoms with Gasteiger partial charge in [0, 0.05) is 5.69 Å². The minimum atomic E-state index is -0.389. The van der Waals surface area contributed by atoms with Crippen LogP contribution in [0.3, 0.4) is 0 Å². The lowest BCUT2D eigenvalue weighted by Crippen LogP contribution is -3.15. The largest absolute Gasteiger partial charge is 0.463 e. The number of urea groups is 1. The molecular formula is C18H24FN4O3+. The van der Waals surface area contributed by atoms with E-state index < -0.39 is 0 Å². The monoisotopic (exact) mass is 363 g/mol. The number of esters is 1. The van der Waals surface area contributed by atoms with Gasteiger partial charge in [0.15, 0.2) is 0 Å². The van der Waals surface area contributed by atoms with E-state index in [9.17, 15) is 14.0 Å². The van der Waals surface area contributed by atoms with Crippen LogP contribution < -0.4 is 20.4 Å². The Morgan fingerprint density at radius 1 is 1.27 bits per heavy atom. The number of rotatable bonds is 5. The van der Waals surface area contributed by atoms with Crippen molar-refractivity contribution in [2.24, 2.45) is 0 Å². The molecular weight excluding hydrogens is 339 g/mol. The standard InChI is InChI=1S/C18H23FN4O3/c1-2-26-17(24)15-11-20-18(25)21-16(15)12-22-7-9-23(10-8-22)14-5-3-13(19)4-6-14/h3-6H,2,7-12H2,1H3,(H2,20,21,25)/p+1. The van der Waals surface area contributed by atoms with Crippen LogP contribution in [0.5, 0.6) is 0 Å². The number of carbonyl (C=O) groups is 2. The smallest absolute Gasteiger partial charge is 0.337 e. The molecule has 0 unspecified atom stereocenters. The number of hydrogen-bond acceptors (Lipinski definition) is 4. The number of hydrogen-bond donors (Lipinski definition) is 3. The van der Waals surface area contributed by atoms with Crippen molar-refractivity contribution in [2.45, 2.75) is 6.92 Å². The minimum Gasteiger partial charge on any atom is -0.463 e. The first kappa shape index (κ1) is 18.2. The Balaban J connectivity index is 1.62. The molecule has 0 bridgehead atoms. The molecule has 0 aromatic heterocycles. The minimum absolute atomic E-state index is 0.189. The molecule has 0 radical (unpaired) electrons. The molecule has 7 nitrogen and oxygen atoms in total. The van der Waals surface area contributed by atoms with E-state index >= 15 is 0 Å². The molecule has 2 aliphatic rings. The van der Waals surface area contributed by atoms with Gasteiger partial charge < -0.3 is 25.2 Å². The number of nitrogens with one attached hydrogen (secondary N) is 3. The summed E-state index contributed by atoms with van der Waals surface area (Å²) < 4.78 is 18.1. The number of anilines is 1. The van der Waals surface area contributed by atoms with Crippen LogP contribution in [0, 0.1) is 5.82 Å². The molecule has 2 heterocycles. The fraction of sp³-hybridized carbons (Fsp3) is 0.444. The zero-order valence-electron chi connectivity index (χ0n) is 14.8. The summed E-state index contributed by atoms with van der Waals surface area (Å²) >= 11 is 0. The topological polar surface area (TPSA) is 75.1 Å². The number of ether oxygens (including phenoxy) is 1. The van der Waals surface area contributed by atoms with Gasteiger partial charge >= 0.3 is 12.0 Å². The Kier molecular flexibility index (Phi) is 5.72. The van der Waals surface area contributed by atoms with E-state index in [4.69, 9.17) is 4.74 Å². The highest BCUT2D eigenvalue weighted by atomic mass is 19.1. The Morgan fingerprint density at radius 2 is 1.96 bits per heavy atom. The molecule has 2 aliphatic heterocycles. The number of amides is 2. The van der Waals surface area contributed by atoms with Gasteiger partial charge in [-0.05, 0) is 31.2 Å². The third-order valence-electron chi connectivity index (χ3n) is 4.67. The molecule has 2 amide bonds. The lowest BCUT2D eigenvalue weighted by molar-refractivity contribution is -0.896. The highest BCUT2D eigenvalue weighted by Gasteiger charge is 2.28. The Bertz CT molecular complexity index is 697. The van der Waals surface area contributed by atoms with Gasteiger partial charge in [0.05, 0.1) is 50.6 Å². The zero-order valence-corrected chi connectivity index (χ0v) is 14.8. The molecule has 0 aliphatic carbocycles. The summed E-state index contributed by atoms with van der Waals surface area (Å²) in [5.74, 6) is -0.627. The highest BCUT2D eigenvalue weighted by molar-refractivity contribution is 5.93. The highest BCUT2D eigenvalue weighted by Crippen LogP contribution is 2.14. The fourth-order valence-electron chi connectivity index (χ4n) is 3.26. The average Bonchev–Trinajstić information content (AvgIpc) is 2.63. The summed E-state index contributed by atoms with van der Waals surface area (Å²) in [4.78, 5) is 27.2. The van der Waals surface area contributed by atoms with Crippen LogP contribution >= 0.6 is 0 Å². The van der Waals surface area contributed by atoms with E-state index in [-0.39, 0.29) is 24.4 Å². The number of piperazine rings is 1. The van der Waals surface area contributed by atoms with Gasteiger partial charge in [0.2, 0.25) is 0 Å². The maximum absolute atomic E-state index is 13.1. The third-order valence-corrected chi connectivity index (χ3v) is 4.67. The Hall–Kier alpha value is -2.61. The molecule has 8 heteroatoms. The third kappa shape index (κ3) is 4.32. The quantitative estimate of drug-likeness (QED) is 0.626. The summed E-state index contributed by atoms with van der Waals surface area (Å²) in [6, 6.07) is 6.21. The second-order valence-electron chi connectivity index (χ2n) is 6.38. The van der Waals surface area contributed by atoms with E-state index in [1.165, 1.54) is 17.0 Å². The van der Waals surface area contributed by atoms with Gasteiger partial charge in [0.25, 0.3) is 0 Å². The predicted octanol–water partition coefficient (Wildman–Crippen LogP) is -0.339. The van der Waals surface area contributed by atoms with E-state index in [0.29, 0.717) is 24.4 Å². The second-order valence-corrected chi connectivity index (χ2v) is 6.38. The van der Waals surface area contributed by atoms with Gasteiger partial charge in [-0.25, -0.2) is 14.0 Å². The number of nitrogens with zero attached hydrogens (tertiary/aromatic N) is 1. The lowest BCUT2D eigenvalue weighted by Gasteiger charge is -2.34. The summed E-state index contributed by atoms with van der Waals surface area (Å²) in [5, 5.41) is 5.37. The first-order valence-electron chi connectivity index (χ1n) is 8.85. The zero-order chi connectivity index (χ0) is 18.5. The van der Waals surface area contributed by atoms with E-state index in [1.807, 2.05) is 0 Å². The summed E-state index contributed by atoms with van der Waals surface area (Å²) in [5.41, 5.74) is 2.13.